The Morgan fingerprint density at radius 1 is 1.31 bits per heavy atom. The Hall–Kier alpha value is -2.87. The number of carbonyl (C=O) groups is 1. The summed E-state index contributed by atoms with van der Waals surface area (Å²) in [5.74, 6) is -0.0111. The maximum Gasteiger partial charge on any atom is 0.257 e. The highest BCUT2D eigenvalue weighted by molar-refractivity contribution is 6.00. The van der Waals surface area contributed by atoms with Gasteiger partial charge in [-0.2, -0.15) is 10.2 Å². The van der Waals surface area contributed by atoms with Gasteiger partial charge in [0.2, 0.25) is 0 Å². The van der Waals surface area contributed by atoms with Gasteiger partial charge in [-0.25, -0.2) is 0 Å². The molecule has 4 heterocycles. The smallest absolute Gasteiger partial charge is 0.257 e. The van der Waals surface area contributed by atoms with Crippen LogP contribution < -0.4 is 0 Å². The fourth-order valence-corrected chi connectivity index (χ4v) is 3.66. The van der Waals surface area contributed by atoms with E-state index in [0.717, 1.165) is 11.1 Å². The normalized spacial score (nSPS) is 20.0. The van der Waals surface area contributed by atoms with Crippen LogP contribution in [-0.4, -0.2) is 55.2 Å². The molecule has 1 saturated heterocycles. The second kappa shape index (κ2) is 6.45. The number of likely N-dealkylation sites (tertiary alicyclic amines) is 1. The van der Waals surface area contributed by atoms with Crippen LogP contribution in [0.15, 0.2) is 41.6 Å². The lowest BCUT2D eigenvalue weighted by molar-refractivity contribution is 0.0782. The molecule has 0 saturated carbocycles. The maximum atomic E-state index is 13.2. The van der Waals surface area contributed by atoms with Crippen LogP contribution in [0.3, 0.4) is 0 Å². The van der Waals surface area contributed by atoms with Crippen molar-refractivity contribution < 1.29 is 14.3 Å². The first-order valence-electron chi connectivity index (χ1n) is 8.51. The molecule has 1 aliphatic rings. The van der Waals surface area contributed by atoms with Gasteiger partial charge in [-0.15, -0.1) is 0 Å². The quantitative estimate of drug-likeness (QED) is 0.761. The third-order valence-electron chi connectivity index (χ3n) is 4.97. The summed E-state index contributed by atoms with van der Waals surface area (Å²) in [6.07, 6.45) is 8.63. The van der Waals surface area contributed by atoms with Crippen molar-refractivity contribution in [3.63, 3.8) is 0 Å². The monoisotopic (exact) mass is 355 g/mol. The number of nitrogens with zero attached hydrogens (tertiary/aromatic N) is 5. The predicted molar refractivity (Wildman–Crippen MR) is 93.3 cm³/mol. The molecule has 1 aliphatic heterocycles. The minimum atomic E-state index is -0.0841. The highest BCUT2D eigenvalue weighted by Crippen LogP contribution is 2.34. The second-order valence-electron chi connectivity index (χ2n) is 6.78. The van der Waals surface area contributed by atoms with Gasteiger partial charge in [0.25, 0.3) is 5.91 Å². The van der Waals surface area contributed by atoms with E-state index in [1.807, 2.05) is 19.4 Å². The Labute approximate surface area is 150 Å². The summed E-state index contributed by atoms with van der Waals surface area (Å²) in [5.41, 5.74) is 2.97. The van der Waals surface area contributed by atoms with E-state index in [4.69, 9.17) is 4.42 Å². The molecule has 8 heteroatoms. The van der Waals surface area contributed by atoms with Gasteiger partial charge in [-0.1, -0.05) is 0 Å². The van der Waals surface area contributed by atoms with E-state index in [1.54, 1.807) is 46.1 Å². The Bertz CT molecular complexity index is 911. The van der Waals surface area contributed by atoms with Crippen LogP contribution in [0.2, 0.25) is 0 Å². The molecule has 3 aromatic rings. The number of aryl methyl sites for hydroxylation is 2. The summed E-state index contributed by atoms with van der Waals surface area (Å²) in [5, 5.41) is 18.4. The molecular weight excluding hydrogens is 334 g/mol. The van der Waals surface area contributed by atoms with Crippen LogP contribution >= 0.6 is 0 Å². The SMILES string of the molecule is Cn1cc([C@@H]2CN(C(=O)c3cn(C)nc3-c3ccoc3)C[C@H]2CO)cn1. The molecule has 0 radical (unpaired) electrons. The van der Waals surface area contributed by atoms with Crippen LogP contribution in [0.4, 0.5) is 0 Å². The molecule has 3 aromatic heterocycles. The first kappa shape index (κ1) is 16.6. The van der Waals surface area contributed by atoms with Gasteiger partial charge in [0.05, 0.1) is 24.3 Å². The number of amides is 1. The maximum absolute atomic E-state index is 13.2. The molecule has 0 aliphatic carbocycles. The Balaban J connectivity index is 1.62. The van der Waals surface area contributed by atoms with Gasteiger partial charge in [-0.3, -0.25) is 14.2 Å². The molecule has 26 heavy (non-hydrogen) atoms. The summed E-state index contributed by atoms with van der Waals surface area (Å²) in [6.45, 7) is 1.09. The molecule has 136 valence electrons. The lowest BCUT2D eigenvalue weighted by atomic mass is 9.92. The molecule has 0 spiro atoms. The molecule has 4 rings (SSSR count). The van der Waals surface area contributed by atoms with E-state index in [0.29, 0.717) is 24.3 Å². The first-order valence-corrected chi connectivity index (χ1v) is 8.51. The molecule has 0 aromatic carbocycles. The highest BCUT2D eigenvalue weighted by Gasteiger charge is 2.37. The Morgan fingerprint density at radius 2 is 2.15 bits per heavy atom. The standard InChI is InChI=1S/C18H21N5O3/c1-21-6-13(5-19-21)15-9-23(7-14(15)10-24)18(25)16-8-22(2)20-17(16)12-3-4-26-11-12/h3-6,8,11,14-15,24H,7,9-10H2,1-2H3/t14-,15-/m0/s1. The summed E-state index contributed by atoms with van der Waals surface area (Å²) < 4.78 is 8.51. The number of furan rings is 1. The van der Waals surface area contributed by atoms with Crippen molar-refractivity contribution >= 4 is 5.91 Å². The van der Waals surface area contributed by atoms with Gasteiger partial charge in [0.15, 0.2) is 0 Å². The van der Waals surface area contributed by atoms with Gasteiger partial charge in [0, 0.05) is 63.6 Å². The Morgan fingerprint density at radius 3 is 2.81 bits per heavy atom. The van der Waals surface area contributed by atoms with E-state index in [-0.39, 0.29) is 24.3 Å². The minimum absolute atomic E-state index is 0.00260. The van der Waals surface area contributed by atoms with Gasteiger partial charge >= 0.3 is 0 Å². The van der Waals surface area contributed by atoms with E-state index in [2.05, 4.69) is 10.2 Å². The second-order valence-corrected chi connectivity index (χ2v) is 6.78. The highest BCUT2D eigenvalue weighted by atomic mass is 16.3. The van der Waals surface area contributed by atoms with Gasteiger partial charge in [0.1, 0.15) is 5.69 Å². The number of aliphatic hydroxyl groups is 1. The summed E-state index contributed by atoms with van der Waals surface area (Å²) >= 11 is 0. The van der Waals surface area contributed by atoms with E-state index < -0.39 is 0 Å². The average Bonchev–Trinajstić information content (AvgIpc) is 3.39. The average molecular weight is 355 g/mol. The summed E-state index contributed by atoms with van der Waals surface area (Å²) in [4.78, 5) is 15.0. The van der Waals surface area contributed by atoms with Crippen LogP contribution in [0.25, 0.3) is 11.3 Å². The fraction of sp³-hybridized carbons (Fsp3) is 0.389. The van der Waals surface area contributed by atoms with Crippen molar-refractivity contribution in [2.75, 3.05) is 19.7 Å². The van der Waals surface area contributed by atoms with Crippen molar-refractivity contribution in [1.82, 2.24) is 24.5 Å². The number of hydrogen-bond acceptors (Lipinski definition) is 5. The number of hydrogen-bond donors (Lipinski definition) is 1. The molecule has 0 unspecified atom stereocenters. The lowest BCUT2D eigenvalue weighted by Gasteiger charge is -2.16. The van der Waals surface area contributed by atoms with Crippen molar-refractivity contribution in [3.8, 4) is 11.3 Å². The minimum Gasteiger partial charge on any atom is -0.472 e. The van der Waals surface area contributed by atoms with Crippen LogP contribution in [-0.2, 0) is 14.1 Å². The molecule has 8 nitrogen and oxygen atoms in total. The topological polar surface area (TPSA) is 89.3 Å². The van der Waals surface area contributed by atoms with E-state index >= 15 is 0 Å². The van der Waals surface area contributed by atoms with Gasteiger partial charge in [-0.05, 0) is 11.6 Å². The van der Waals surface area contributed by atoms with Crippen molar-refractivity contribution in [3.05, 3.63) is 48.3 Å². The molecule has 1 amide bonds. The number of rotatable bonds is 4. The molecule has 1 fully saturated rings. The third kappa shape index (κ3) is 2.82. The summed E-state index contributed by atoms with van der Waals surface area (Å²) in [6, 6.07) is 1.79. The van der Waals surface area contributed by atoms with Crippen molar-refractivity contribution in [2.24, 2.45) is 20.0 Å². The molecule has 0 bridgehead atoms. The summed E-state index contributed by atoms with van der Waals surface area (Å²) in [7, 11) is 3.65. The predicted octanol–water partition coefficient (Wildman–Crippen LogP) is 1.26. The van der Waals surface area contributed by atoms with Crippen LogP contribution in [0.1, 0.15) is 21.8 Å². The van der Waals surface area contributed by atoms with Gasteiger partial charge < -0.3 is 14.4 Å². The lowest BCUT2D eigenvalue weighted by Crippen LogP contribution is -2.29. The largest absolute Gasteiger partial charge is 0.472 e. The number of carbonyl (C=O) groups excluding carboxylic acids is 1. The van der Waals surface area contributed by atoms with E-state index in [1.165, 1.54) is 0 Å². The third-order valence-corrected chi connectivity index (χ3v) is 4.97. The van der Waals surface area contributed by atoms with Crippen molar-refractivity contribution in [2.45, 2.75) is 5.92 Å². The molecule has 2 atom stereocenters. The first-order chi connectivity index (χ1) is 12.6. The number of aliphatic hydroxyl groups excluding tert-OH is 1. The zero-order valence-electron chi connectivity index (χ0n) is 14.7. The van der Waals surface area contributed by atoms with Crippen molar-refractivity contribution in [1.29, 1.82) is 0 Å². The number of aromatic nitrogens is 4. The van der Waals surface area contributed by atoms with Crippen LogP contribution in [0, 0.1) is 5.92 Å². The fourth-order valence-electron chi connectivity index (χ4n) is 3.66. The Kier molecular flexibility index (Phi) is 4.12. The van der Waals surface area contributed by atoms with E-state index in [9.17, 15) is 9.90 Å². The molecular formula is C18H21N5O3. The van der Waals surface area contributed by atoms with Crippen LogP contribution in [0.5, 0.6) is 0 Å². The zero-order chi connectivity index (χ0) is 18.3. The molecule has 1 N–H and O–H groups in total. The zero-order valence-corrected chi connectivity index (χ0v) is 14.7.